The van der Waals surface area contributed by atoms with Crippen LogP contribution in [-0.4, -0.2) is 26.6 Å². The maximum atomic E-state index is 6.00. The van der Waals surface area contributed by atoms with Crippen molar-refractivity contribution in [3.8, 4) is 5.75 Å². The normalized spacial score (nSPS) is 11.0. The van der Waals surface area contributed by atoms with E-state index in [0.717, 1.165) is 47.7 Å². The smallest absolute Gasteiger partial charge is 0.165 e. The quantitative estimate of drug-likeness (QED) is 0.714. The van der Waals surface area contributed by atoms with Crippen LogP contribution in [0.3, 0.4) is 0 Å². The van der Waals surface area contributed by atoms with E-state index in [-0.39, 0.29) is 0 Å². The Labute approximate surface area is 147 Å². The molecule has 0 aliphatic heterocycles. The molecule has 0 unspecified atom stereocenters. The number of aromatic nitrogens is 4. The topological polar surface area (TPSA) is 78.8 Å². The zero-order valence-corrected chi connectivity index (χ0v) is 14.7. The number of hydrogen-bond acceptors (Lipinski definition) is 5. The lowest BCUT2D eigenvalue weighted by Crippen LogP contribution is -2.06. The van der Waals surface area contributed by atoms with Crippen molar-refractivity contribution in [2.45, 2.75) is 32.7 Å². The van der Waals surface area contributed by atoms with E-state index in [4.69, 9.17) is 15.5 Å². The summed E-state index contributed by atoms with van der Waals surface area (Å²) in [6.07, 6.45) is 6.09. The van der Waals surface area contributed by atoms with Gasteiger partial charge in [0, 0.05) is 18.5 Å². The summed E-state index contributed by atoms with van der Waals surface area (Å²) in [5.41, 5.74) is 9.55. The predicted molar refractivity (Wildman–Crippen MR) is 101 cm³/mol. The van der Waals surface area contributed by atoms with Gasteiger partial charge in [0.25, 0.3) is 0 Å². The van der Waals surface area contributed by atoms with Crippen LogP contribution < -0.4 is 10.5 Å². The van der Waals surface area contributed by atoms with Crippen LogP contribution in [0.4, 0.5) is 5.82 Å². The highest BCUT2D eigenvalue weighted by molar-refractivity contribution is 5.81. The molecule has 0 amide bonds. The maximum absolute atomic E-state index is 6.00. The molecule has 0 atom stereocenters. The third kappa shape index (κ3) is 3.33. The third-order valence-electron chi connectivity index (χ3n) is 4.26. The van der Waals surface area contributed by atoms with Crippen LogP contribution in [-0.2, 0) is 13.0 Å². The number of anilines is 1. The molecule has 0 radical (unpaired) electrons. The molecule has 2 N–H and O–H groups in total. The first-order valence-corrected chi connectivity index (χ1v) is 8.42. The molecule has 2 aromatic heterocycles. The molecule has 6 heteroatoms. The molecule has 0 fully saturated rings. The third-order valence-corrected chi connectivity index (χ3v) is 4.26. The van der Waals surface area contributed by atoms with E-state index >= 15 is 0 Å². The zero-order valence-electron chi connectivity index (χ0n) is 14.7. The number of rotatable bonds is 7. The van der Waals surface area contributed by atoms with Gasteiger partial charge in [-0.05, 0) is 24.1 Å². The number of nitrogens with zero attached hydrogens (tertiary/aromatic N) is 4. The van der Waals surface area contributed by atoms with Gasteiger partial charge in [-0.2, -0.15) is 0 Å². The van der Waals surface area contributed by atoms with Crippen LogP contribution in [0.5, 0.6) is 5.75 Å². The molecular formula is C19H23N5O. The van der Waals surface area contributed by atoms with E-state index in [1.54, 1.807) is 7.11 Å². The largest absolute Gasteiger partial charge is 0.496 e. The number of nitrogens with two attached hydrogens (primary N) is 1. The second-order valence-corrected chi connectivity index (χ2v) is 5.92. The molecule has 25 heavy (non-hydrogen) atoms. The number of fused-ring (bicyclic) bond motifs is 1. The highest BCUT2D eigenvalue weighted by atomic mass is 16.5. The van der Waals surface area contributed by atoms with Gasteiger partial charge in [0.2, 0.25) is 0 Å². The number of hydrogen-bond donors (Lipinski definition) is 1. The summed E-state index contributed by atoms with van der Waals surface area (Å²) < 4.78 is 7.65. The van der Waals surface area contributed by atoms with E-state index in [2.05, 4.69) is 34.1 Å². The van der Waals surface area contributed by atoms with Gasteiger partial charge >= 0.3 is 0 Å². The van der Waals surface area contributed by atoms with E-state index in [1.165, 1.54) is 6.33 Å². The molecule has 6 nitrogen and oxygen atoms in total. The number of imidazole rings is 1. The standard InChI is InChI=1S/C19H23N5O/c1-4-6-9-24-16(23-17-18(20)21-12-22-19(17)24)11-14-10-13(5-2)7-8-15(14)25-3/h5,7-8,10,12H,2,4,6,9,11H2,1,3H3,(H2,20,21,22). The minimum absolute atomic E-state index is 0.410. The second-order valence-electron chi connectivity index (χ2n) is 5.92. The van der Waals surface area contributed by atoms with Crippen molar-refractivity contribution in [1.29, 1.82) is 0 Å². The molecule has 0 saturated heterocycles. The Morgan fingerprint density at radius 2 is 2.16 bits per heavy atom. The molecule has 0 aliphatic carbocycles. The molecule has 0 saturated carbocycles. The summed E-state index contributed by atoms with van der Waals surface area (Å²) in [5.74, 6) is 2.15. The maximum Gasteiger partial charge on any atom is 0.165 e. The summed E-state index contributed by atoms with van der Waals surface area (Å²) in [5, 5.41) is 0. The lowest BCUT2D eigenvalue weighted by molar-refractivity contribution is 0.410. The molecule has 0 spiro atoms. The Bertz CT molecular complexity index is 900. The fraction of sp³-hybridized carbons (Fsp3) is 0.316. The summed E-state index contributed by atoms with van der Waals surface area (Å²) in [6, 6.07) is 6.02. The average Bonchev–Trinajstić information content (AvgIpc) is 2.98. The molecule has 3 rings (SSSR count). The molecule has 0 bridgehead atoms. The van der Waals surface area contributed by atoms with Gasteiger partial charge in [0.1, 0.15) is 17.9 Å². The highest BCUT2D eigenvalue weighted by Crippen LogP contribution is 2.26. The van der Waals surface area contributed by atoms with E-state index in [0.29, 0.717) is 17.8 Å². The van der Waals surface area contributed by atoms with Crippen molar-refractivity contribution in [3.05, 3.63) is 48.1 Å². The Balaban J connectivity index is 2.09. The predicted octanol–water partition coefficient (Wildman–Crippen LogP) is 3.45. The molecule has 1 aromatic carbocycles. The number of unbranched alkanes of at least 4 members (excludes halogenated alkanes) is 1. The average molecular weight is 337 g/mol. The zero-order chi connectivity index (χ0) is 17.8. The van der Waals surface area contributed by atoms with Gasteiger partial charge in [-0.15, -0.1) is 0 Å². The van der Waals surface area contributed by atoms with Crippen molar-refractivity contribution in [3.63, 3.8) is 0 Å². The number of methoxy groups -OCH3 is 1. The first-order valence-electron chi connectivity index (χ1n) is 8.42. The summed E-state index contributed by atoms with van der Waals surface area (Å²) in [4.78, 5) is 13.2. The lowest BCUT2D eigenvalue weighted by Gasteiger charge is -2.11. The van der Waals surface area contributed by atoms with Gasteiger partial charge in [0.05, 0.1) is 7.11 Å². The number of aryl methyl sites for hydroxylation is 1. The van der Waals surface area contributed by atoms with Crippen LogP contribution >= 0.6 is 0 Å². The van der Waals surface area contributed by atoms with Crippen molar-refractivity contribution in [2.24, 2.45) is 0 Å². The van der Waals surface area contributed by atoms with E-state index in [1.807, 2.05) is 18.2 Å². The van der Waals surface area contributed by atoms with E-state index in [9.17, 15) is 0 Å². The van der Waals surface area contributed by atoms with Crippen molar-refractivity contribution < 1.29 is 4.74 Å². The Hall–Kier alpha value is -2.89. The Morgan fingerprint density at radius 1 is 1.32 bits per heavy atom. The Morgan fingerprint density at radius 3 is 2.88 bits per heavy atom. The van der Waals surface area contributed by atoms with Gasteiger partial charge in [-0.3, -0.25) is 0 Å². The molecule has 2 heterocycles. The van der Waals surface area contributed by atoms with Gasteiger partial charge in [-0.25, -0.2) is 15.0 Å². The van der Waals surface area contributed by atoms with Gasteiger partial charge in [-0.1, -0.05) is 32.1 Å². The van der Waals surface area contributed by atoms with Gasteiger partial charge < -0.3 is 15.0 Å². The summed E-state index contributed by atoms with van der Waals surface area (Å²) in [6.45, 7) is 6.86. The van der Waals surface area contributed by atoms with Crippen molar-refractivity contribution in [1.82, 2.24) is 19.5 Å². The first-order chi connectivity index (χ1) is 12.2. The Kier molecular flexibility index (Phi) is 4.97. The molecule has 130 valence electrons. The van der Waals surface area contributed by atoms with Crippen LogP contribution in [0.15, 0.2) is 31.1 Å². The van der Waals surface area contributed by atoms with Crippen LogP contribution in [0.25, 0.3) is 17.2 Å². The molecule has 3 aromatic rings. The molecular weight excluding hydrogens is 314 g/mol. The number of ether oxygens (including phenoxy) is 1. The van der Waals surface area contributed by atoms with Crippen molar-refractivity contribution >= 4 is 23.1 Å². The number of nitrogen functional groups attached to an aromatic ring is 1. The monoisotopic (exact) mass is 337 g/mol. The summed E-state index contributed by atoms with van der Waals surface area (Å²) in [7, 11) is 1.68. The lowest BCUT2D eigenvalue weighted by atomic mass is 10.1. The minimum Gasteiger partial charge on any atom is -0.496 e. The van der Waals surface area contributed by atoms with E-state index < -0.39 is 0 Å². The number of benzene rings is 1. The minimum atomic E-state index is 0.410. The van der Waals surface area contributed by atoms with Crippen LogP contribution in [0.2, 0.25) is 0 Å². The second kappa shape index (κ2) is 7.34. The SMILES string of the molecule is C=Cc1ccc(OC)c(Cc2nc3c(N)ncnc3n2CCCC)c1. The van der Waals surface area contributed by atoms with Crippen molar-refractivity contribution in [2.75, 3.05) is 12.8 Å². The fourth-order valence-electron chi connectivity index (χ4n) is 2.92. The van der Waals surface area contributed by atoms with Crippen LogP contribution in [0.1, 0.15) is 36.7 Å². The highest BCUT2D eigenvalue weighted by Gasteiger charge is 2.16. The van der Waals surface area contributed by atoms with Crippen LogP contribution in [0, 0.1) is 0 Å². The first kappa shape index (κ1) is 17.0. The van der Waals surface area contributed by atoms with Gasteiger partial charge in [0.15, 0.2) is 17.0 Å². The molecule has 0 aliphatic rings. The fourth-order valence-corrected chi connectivity index (χ4v) is 2.92. The summed E-state index contributed by atoms with van der Waals surface area (Å²) >= 11 is 0.